The Morgan fingerprint density at radius 2 is 0.692 bits per heavy atom. The van der Waals surface area contributed by atoms with Crippen molar-refractivity contribution in [2.24, 2.45) is 0 Å². The third-order valence-electron chi connectivity index (χ3n) is 3.99. The molecule has 3 aromatic carbocycles. The molecule has 136 valence electrons. The first-order valence-electron chi connectivity index (χ1n) is 7.97. The summed E-state index contributed by atoms with van der Waals surface area (Å²) in [5.74, 6) is 2.59. The molecule has 0 saturated heterocycles. The molecule has 0 spiro atoms. The van der Waals surface area contributed by atoms with E-state index in [4.69, 9.17) is 14.2 Å². The van der Waals surface area contributed by atoms with E-state index >= 15 is 0 Å². The summed E-state index contributed by atoms with van der Waals surface area (Å²) in [6.07, 6.45) is 0. The van der Waals surface area contributed by atoms with E-state index in [0.29, 0.717) is 0 Å². The number of ether oxygens (including phenoxy) is 3. The summed E-state index contributed by atoms with van der Waals surface area (Å²) in [6, 6.07) is 24.9. The first kappa shape index (κ1) is 20.2. The molecule has 5 heteroatoms. The summed E-state index contributed by atoms with van der Waals surface area (Å²) in [5.41, 5.74) is 0. The van der Waals surface area contributed by atoms with Gasteiger partial charge in [-0.25, -0.2) is 0 Å². The molecule has 0 amide bonds. The van der Waals surface area contributed by atoms with Gasteiger partial charge in [-0.1, -0.05) is 36.4 Å². The third-order valence-corrected chi connectivity index (χ3v) is 6.44. The summed E-state index contributed by atoms with van der Waals surface area (Å²) in [6.45, 7) is 0. The minimum atomic E-state index is -0.665. The van der Waals surface area contributed by atoms with E-state index in [9.17, 15) is 0 Å². The lowest BCUT2D eigenvalue weighted by Gasteiger charge is -2.20. The van der Waals surface area contributed by atoms with Crippen LogP contribution >= 0.6 is 21.4 Å². The van der Waals surface area contributed by atoms with Crippen LogP contribution in [0.1, 0.15) is 0 Å². The minimum absolute atomic E-state index is 0. The summed E-state index contributed by atoms with van der Waals surface area (Å²) < 4.78 is 15.9. The molecular formula is C21H23O3PS. The Labute approximate surface area is 163 Å². The Morgan fingerprint density at radius 3 is 0.885 bits per heavy atom. The highest BCUT2D eigenvalue weighted by atomic mass is 32.1. The van der Waals surface area contributed by atoms with Gasteiger partial charge in [-0.05, 0) is 60.2 Å². The summed E-state index contributed by atoms with van der Waals surface area (Å²) in [7, 11) is 4.39. The standard InChI is InChI=1S/C21H21O3P.H2S/c1-22-16-4-10-19(11-5-16)25(20-12-6-17(23-2)7-13-20)21-14-8-18(24-3)9-15-21;/h4-15H,1-3H3;1H2. The number of hydrogen-bond acceptors (Lipinski definition) is 3. The maximum Gasteiger partial charge on any atom is 0.118 e. The van der Waals surface area contributed by atoms with Crippen molar-refractivity contribution in [2.75, 3.05) is 21.3 Å². The van der Waals surface area contributed by atoms with Gasteiger partial charge in [0, 0.05) is 0 Å². The smallest absolute Gasteiger partial charge is 0.118 e. The van der Waals surface area contributed by atoms with Crippen LogP contribution in [0, 0.1) is 0 Å². The molecule has 26 heavy (non-hydrogen) atoms. The van der Waals surface area contributed by atoms with E-state index in [2.05, 4.69) is 36.4 Å². The van der Waals surface area contributed by atoms with Crippen molar-refractivity contribution in [2.45, 2.75) is 0 Å². The zero-order valence-corrected chi connectivity index (χ0v) is 17.0. The Hall–Kier alpha value is -2.16. The number of methoxy groups -OCH3 is 3. The average Bonchev–Trinajstić information content (AvgIpc) is 2.70. The monoisotopic (exact) mass is 386 g/mol. The van der Waals surface area contributed by atoms with Gasteiger partial charge < -0.3 is 14.2 Å². The fourth-order valence-corrected chi connectivity index (χ4v) is 4.88. The van der Waals surface area contributed by atoms with Gasteiger partial charge in [0.1, 0.15) is 17.2 Å². The van der Waals surface area contributed by atoms with E-state index in [1.54, 1.807) is 21.3 Å². The van der Waals surface area contributed by atoms with Gasteiger partial charge in [0.05, 0.1) is 21.3 Å². The first-order valence-corrected chi connectivity index (χ1v) is 9.31. The fourth-order valence-electron chi connectivity index (χ4n) is 2.64. The SMILES string of the molecule is COc1ccc(P(c2ccc(OC)cc2)c2ccc(OC)cc2)cc1.S. The van der Waals surface area contributed by atoms with Crippen LogP contribution in [0.5, 0.6) is 17.2 Å². The van der Waals surface area contributed by atoms with Crippen molar-refractivity contribution in [1.29, 1.82) is 0 Å². The van der Waals surface area contributed by atoms with Gasteiger partial charge >= 0.3 is 0 Å². The minimum Gasteiger partial charge on any atom is -0.497 e. The molecule has 0 aliphatic heterocycles. The highest BCUT2D eigenvalue weighted by Crippen LogP contribution is 2.34. The molecule has 0 unspecified atom stereocenters. The molecule has 0 N–H and O–H groups in total. The van der Waals surface area contributed by atoms with Gasteiger partial charge in [0.15, 0.2) is 0 Å². The van der Waals surface area contributed by atoms with Crippen molar-refractivity contribution < 1.29 is 14.2 Å². The zero-order chi connectivity index (χ0) is 17.6. The molecule has 3 rings (SSSR count). The van der Waals surface area contributed by atoms with Gasteiger partial charge in [0.25, 0.3) is 0 Å². The van der Waals surface area contributed by atoms with Crippen LogP contribution in [0.2, 0.25) is 0 Å². The molecular weight excluding hydrogens is 363 g/mol. The predicted octanol–water partition coefficient (Wildman–Crippen LogP) is 3.58. The Morgan fingerprint density at radius 1 is 0.462 bits per heavy atom. The highest BCUT2D eigenvalue weighted by Gasteiger charge is 2.17. The van der Waals surface area contributed by atoms with Crippen LogP contribution in [0.15, 0.2) is 72.8 Å². The molecule has 0 saturated carbocycles. The molecule has 0 heterocycles. The highest BCUT2D eigenvalue weighted by molar-refractivity contribution is 7.79. The normalized spacial score (nSPS) is 10.2. The zero-order valence-electron chi connectivity index (χ0n) is 15.1. The molecule has 0 aliphatic rings. The molecule has 0 aromatic heterocycles. The second kappa shape index (κ2) is 9.51. The van der Waals surface area contributed by atoms with E-state index < -0.39 is 7.92 Å². The van der Waals surface area contributed by atoms with Gasteiger partial charge in [-0.2, -0.15) is 13.5 Å². The van der Waals surface area contributed by atoms with Crippen molar-refractivity contribution >= 4 is 37.3 Å². The molecule has 3 aromatic rings. The average molecular weight is 386 g/mol. The van der Waals surface area contributed by atoms with E-state index in [1.807, 2.05) is 36.4 Å². The van der Waals surface area contributed by atoms with Crippen LogP contribution in [0.25, 0.3) is 0 Å². The first-order chi connectivity index (χ1) is 12.2. The lowest BCUT2D eigenvalue weighted by molar-refractivity contribution is 0.415. The largest absolute Gasteiger partial charge is 0.497 e. The number of rotatable bonds is 6. The second-order valence-corrected chi connectivity index (χ2v) is 7.65. The van der Waals surface area contributed by atoms with Crippen molar-refractivity contribution in [3.8, 4) is 17.2 Å². The van der Waals surface area contributed by atoms with E-state index in [1.165, 1.54) is 15.9 Å². The molecule has 0 atom stereocenters. The van der Waals surface area contributed by atoms with Gasteiger partial charge in [-0.15, -0.1) is 0 Å². The van der Waals surface area contributed by atoms with E-state index in [-0.39, 0.29) is 13.5 Å². The van der Waals surface area contributed by atoms with Crippen molar-refractivity contribution in [1.82, 2.24) is 0 Å². The molecule has 0 fully saturated rings. The van der Waals surface area contributed by atoms with Crippen LogP contribution in [0.4, 0.5) is 0 Å². The Kier molecular flexibility index (Phi) is 7.38. The van der Waals surface area contributed by atoms with Crippen LogP contribution in [0.3, 0.4) is 0 Å². The quantitative estimate of drug-likeness (QED) is 0.606. The van der Waals surface area contributed by atoms with Crippen LogP contribution < -0.4 is 30.1 Å². The Balaban J connectivity index is 0.00000243. The Bertz CT molecular complexity index is 689. The molecule has 0 aliphatic carbocycles. The van der Waals surface area contributed by atoms with Gasteiger partial charge in [-0.3, -0.25) is 0 Å². The second-order valence-electron chi connectivity index (χ2n) is 5.43. The van der Waals surface area contributed by atoms with Crippen LogP contribution in [-0.2, 0) is 0 Å². The summed E-state index contributed by atoms with van der Waals surface area (Å²) in [4.78, 5) is 0. The topological polar surface area (TPSA) is 27.7 Å². The fraction of sp³-hybridized carbons (Fsp3) is 0.143. The maximum absolute atomic E-state index is 5.30. The summed E-state index contributed by atoms with van der Waals surface area (Å²) in [5, 5.41) is 3.81. The van der Waals surface area contributed by atoms with Crippen LogP contribution in [-0.4, -0.2) is 21.3 Å². The molecule has 0 bridgehead atoms. The molecule has 3 nitrogen and oxygen atoms in total. The van der Waals surface area contributed by atoms with Crippen molar-refractivity contribution in [3.05, 3.63) is 72.8 Å². The van der Waals surface area contributed by atoms with Gasteiger partial charge in [0.2, 0.25) is 0 Å². The lowest BCUT2D eigenvalue weighted by atomic mass is 10.3. The third kappa shape index (κ3) is 4.51. The number of benzene rings is 3. The van der Waals surface area contributed by atoms with Crippen molar-refractivity contribution in [3.63, 3.8) is 0 Å². The lowest BCUT2D eigenvalue weighted by Crippen LogP contribution is -2.20. The number of hydrogen-bond donors (Lipinski definition) is 0. The maximum atomic E-state index is 5.30. The molecule has 0 radical (unpaired) electrons. The van der Waals surface area contributed by atoms with E-state index in [0.717, 1.165) is 17.2 Å². The predicted molar refractivity (Wildman–Crippen MR) is 115 cm³/mol. The summed E-state index contributed by atoms with van der Waals surface area (Å²) >= 11 is 0.